The van der Waals surface area contributed by atoms with Crippen LogP contribution < -0.4 is 14.4 Å². The van der Waals surface area contributed by atoms with Gasteiger partial charge in [-0.15, -0.1) is 0 Å². The number of anilines is 1. The molecule has 0 bridgehead atoms. The van der Waals surface area contributed by atoms with Gasteiger partial charge in [-0.05, 0) is 79.4 Å². The van der Waals surface area contributed by atoms with Gasteiger partial charge in [-0.2, -0.15) is 0 Å². The standard InChI is InChI=1S/C33H34N2O5S/c1-4-6-7-19-40-25-13-9-22(10-14-25)29-28(30(36)23-11-15-24(16-12-23)39-18-5-2)31(37)32(38)35(29)33-34-26-17-8-21(3)20-27(26)41-33/h8-17,20,29,36H,4-7,18-19H2,1-3H3/b30-28+. The van der Waals surface area contributed by atoms with Crippen molar-refractivity contribution in [2.75, 3.05) is 18.1 Å². The molecule has 4 aromatic rings. The molecule has 2 heterocycles. The van der Waals surface area contributed by atoms with E-state index in [1.54, 1.807) is 24.3 Å². The van der Waals surface area contributed by atoms with Crippen LogP contribution in [0.25, 0.3) is 16.0 Å². The van der Waals surface area contributed by atoms with Gasteiger partial charge in [0, 0.05) is 5.56 Å². The molecule has 212 valence electrons. The highest BCUT2D eigenvalue weighted by molar-refractivity contribution is 7.22. The number of aryl methyl sites for hydroxylation is 1. The molecule has 1 aliphatic heterocycles. The van der Waals surface area contributed by atoms with Crippen molar-refractivity contribution in [2.45, 2.75) is 52.5 Å². The first-order valence-corrected chi connectivity index (χ1v) is 14.9. The normalized spacial score (nSPS) is 16.5. The smallest absolute Gasteiger partial charge is 0.301 e. The van der Waals surface area contributed by atoms with Crippen LogP contribution in [0.2, 0.25) is 0 Å². The third-order valence-electron chi connectivity index (χ3n) is 7.00. The Morgan fingerprint density at radius 2 is 1.59 bits per heavy atom. The van der Waals surface area contributed by atoms with Gasteiger partial charge in [-0.3, -0.25) is 14.5 Å². The molecule has 1 aromatic heterocycles. The number of hydrogen-bond donors (Lipinski definition) is 1. The van der Waals surface area contributed by atoms with E-state index in [4.69, 9.17) is 14.5 Å². The third kappa shape index (κ3) is 5.98. The molecule has 1 saturated heterocycles. The van der Waals surface area contributed by atoms with Gasteiger partial charge >= 0.3 is 5.91 Å². The maximum absolute atomic E-state index is 13.6. The second-order valence-corrected chi connectivity index (χ2v) is 11.1. The van der Waals surface area contributed by atoms with Crippen molar-refractivity contribution in [1.29, 1.82) is 0 Å². The molecule has 8 heteroatoms. The van der Waals surface area contributed by atoms with Crippen LogP contribution in [-0.2, 0) is 9.59 Å². The van der Waals surface area contributed by atoms with Crippen molar-refractivity contribution in [2.24, 2.45) is 0 Å². The van der Waals surface area contributed by atoms with Crippen LogP contribution >= 0.6 is 11.3 Å². The van der Waals surface area contributed by atoms with Gasteiger partial charge in [0.15, 0.2) is 5.13 Å². The molecule has 1 amide bonds. The van der Waals surface area contributed by atoms with Crippen LogP contribution in [0.1, 0.15) is 62.3 Å². The number of aliphatic hydroxyl groups is 1. The fourth-order valence-corrected chi connectivity index (χ4v) is 5.93. The second-order valence-electron chi connectivity index (χ2n) is 10.1. The highest BCUT2D eigenvalue weighted by atomic mass is 32.1. The summed E-state index contributed by atoms with van der Waals surface area (Å²) in [5, 5.41) is 11.9. The summed E-state index contributed by atoms with van der Waals surface area (Å²) in [6.45, 7) is 7.37. The summed E-state index contributed by atoms with van der Waals surface area (Å²) >= 11 is 1.35. The number of unbranched alkanes of at least 4 members (excludes halogenated alkanes) is 2. The number of Topliss-reactive ketones (excluding diaryl/α,β-unsaturated/α-hetero) is 1. The quantitative estimate of drug-likeness (QED) is 0.0865. The number of amides is 1. The van der Waals surface area contributed by atoms with Gasteiger partial charge in [0.2, 0.25) is 0 Å². The molecular weight excluding hydrogens is 536 g/mol. The van der Waals surface area contributed by atoms with E-state index >= 15 is 0 Å². The number of benzene rings is 3. The van der Waals surface area contributed by atoms with Crippen LogP contribution in [0.15, 0.2) is 72.3 Å². The zero-order chi connectivity index (χ0) is 28.9. The van der Waals surface area contributed by atoms with Crippen molar-refractivity contribution >= 4 is 44.1 Å². The van der Waals surface area contributed by atoms with Gasteiger partial charge in [0.1, 0.15) is 17.3 Å². The van der Waals surface area contributed by atoms with Crippen LogP contribution in [0.5, 0.6) is 11.5 Å². The molecule has 3 aromatic carbocycles. The van der Waals surface area contributed by atoms with E-state index in [0.717, 1.165) is 41.5 Å². The van der Waals surface area contributed by atoms with E-state index in [0.29, 0.717) is 41.0 Å². The molecule has 0 saturated carbocycles. The number of nitrogens with zero attached hydrogens (tertiary/aromatic N) is 2. The molecular formula is C33H34N2O5S. The number of aromatic nitrogens is 1. The van der Waals surface area contributed by atoms with Crippen molar-refractivity contribution in [1.82, 2.24) is 4.98 Å². The largest absolute Gasteiger partial charge is 0.507 e. The zero-order valence-electron chi connectivity index (χ0n) is 23.6. The van der Waals surface area contributed by atoms with Crippen molar-refractivity contribution in [3.63, 3.8) is 0 Å². The number of carbonyl (C=O) groups is 2. The number of ketones is 1. The lowest BCUT2D eigenvalue weighted by Crippen LogP contribution is -2.29. The lowest BCUT2D eigenvalue weighted by atomic mass is 9.95. The van der Waals surface area contributed by atoms with Crippen LogP contribution in [0.3, 0.4) is 0 Å². The summed E-state index contributed by atoms with van der Waals surface area (Å²) in [6.07, 6.45) is 4.05. The lowest BCUT2D eigenvalue weighted by Gasteiger charge is -2.23. The Morgan fingerprint density at radius 3 is 2.27 bits per heavy atom. The topological polar surface area (TPSA) is 89.0 Å². The molecule has 41 heavy (non-hydrogen) atoms. The second kappa shape index (κ2) is 12.6. The molecule has 7 nitrogen and oxygen atoms in total. The maximum Gasteiger partial charge on any atom is 0.301 e. The van der Waals surface area contributed by atoms with Crippen LogP contribution in [0, 0.1) is 6.92 Å². The van der Waals surface area contributed by atoms with E-state index in [-0.39, 0.29) is 11.3 Å². The van der Waals surface area contributed by atoms with Gasteiger partial charge in [-0.25, -0.2) is 4.98 Å². The van der Waals surface area contributed by atoms with Crippen molar-refractivity contribution < 1.29 is 24.2 Å². The van der Waals surface area contributed by atoms with E-state index in [9.17, 15) is 14.7 Å². The van der Waals surface area contributed by atoms with Crippen molar-refractivity contribution in [3.8, 4) is 11.5 Å². The minimum Gasteiger partial charge on any atom is -0.507 e. The number of ether oxygens (including phenoxy) is 2. The highest BCUT2D eigenvalue weighted by Gasteiger charge is 2.48. The molecule has 0 radical (unpaired) electrons. The van der Waals surface area contributed by atoms with E-state index in [1.807, 2.05) is 56.3 Å². The van der Waals surface area contributed by atoms with Gasteiger partial charge in [0.25, 0.3) is 5.78 Å². The SMILES string of the molecule is CCCCCOc1ccc(C2/C(=C(\O)c3ccc(OCCC)cc3)C(=O)C(=O)N2c2nc3ccc(C)cc3s2)cc1. The first kappa shape index (κ1) is 28.4. The average Bonchev–Trinajstić information content (AvgIpc) is 3.51. The van der Waals surface area contributed by atoms with Crippen LogP contribution in [-0.4, -0.2) is 35.0 Å². The van der Waals surface area contributed by atoms with Crippen LogP contribution in [0.4, 0.5) is 5.13 Å². The summed E-state index contributed by atoms with van der Waals surface area (Å²) in [4.78, 5) is 33.2. The number of carbonyl (C=O) groups excluding carboxylic acids is 2. The Kier molecular flexibility index (Phi) is 8.69. The molecule has 1 fully saturated rings. The number of hydrogen-bond acceptors (Lipinski definition) is 7. The van der Waals surface area contributed by atoms with E-state index < -0.39 is 17.7 Å². The molecule has 1 unspecified atom stereocenters. The van der Waals surface area contributed by atoms with E-state index in [2.05, 4.69) is 6.92 Å². The predicted molar refractivity (Wildman–Crippen MR) is 163 cm³/mol. The van der Waals surface area contributed by atoms with Gasteiger partial charge in [-0.1, -0.05) is 56.2 Å². The number of thiazole rings is 1. The fraction of sp³-hybridized carbons (Fsp3) is 0.303. The zero-order valence-corrected chi connectivity index (χ0v) is 24.4. The predicted octanol–water partition coefficient (Wildman–Crippen LogP) is 7.59. The first-order chi connectivity index (χ1) is 19.9. The van der Waals surface area contributed by atoms with E-state index in [1.165, 1.54) is 16.2 Å². The Hall–Kier alpha value is -4.17. The Morgan fingerprint density at radius 1 is 0.902 bits per heavy atom. The van der Waals surface area contributed by atoms with Gasteiger partial charge in [0.05, 0.1) is 35.0 Å². The molecule has 1 N–H and O–H groups in total. The van der Waals surface area contributed by atoms with Crippen molar-refractivity contribution in [3.05, 3.63) is 89.0 Å². The molecule has 0 aliphatic carbocycles. The number of fused-ring (bicyclic) bond motifs is 1. The Balaban J connectivity index is 1.57. The lowest BCUT2D eigenvalue weighted by molar-refractivity contribution is -0.132. The third-order valence-corrected chi connectivity index (χ3v) is 8.01. The minimum atomic E-state index is -0.859. The monoisotopic (exact) mass is 570 g/mol. The maximum atomic E-state index is 13.6. The molecule has 0 spiro atoms. The summed E-state index contributed by atoms with van der Waals surface area (Å²) in [5.41, 5.74) is 2.93. The average molecular weight is 571 g/mol. The Labute approximate surface area is 244 Å². The number of aliphatic hydroxyl groups excluding tert-OH is 1. The first-order valence-electron chi connectivity index (χ1n) is 14.1. The molecule has 1 atom stereocenters. The summed E-state index contributed by atoms with van der Waals surface area (Å²) in [5.74, 6) is -0.348. The molecule has 1 aliphatic rings. The summed E-state index contributed by atoms with van der Waals surface area (Å²) < 4.78 is 12.5. The summed E-state index contributed by atoms with van der Waals surface area (Å²) in [7, 11) is 0. The molecule has 5 rings (SSSR count). The highest BCUT2D eigenvalue weighted by Crippen LogP contribution is 2.44. The summed E-state index contributed by atoms with van der Waals surface area (Å²) in [6, 6.07) is 19.2. The number of rotatable bonds is 11. The van der Waals surface area contributed by atoms with Gasteiger partial charge < -0.3 is 14.6 Å². The fourth-order valence-electron chi connectivity index (χ4n) is 4.84. The minimum absolute atomic E-state index is 0.0178. The Bertz CT molecular complexity index is 1570.